The Bertz CT molecular complexity index is 1550. The molecule has 2 aromatic carbocycles. The van der Waals surface area contributed by atoms with Gasteiger partial charge in [0, 0.05) is 26.2 Å². The number of amides is 3. The molecule has 54 heavy (non-hydrogen) atoms. The van der Waals surface area contributed by atoms with Crippen molar-refractivity contribution in [3.63, 3.8) is 0 Å². The van der Waals surface area contributed by atoms with E-state index in [4.69, 9.17) is 18.9 Å². The first-order valence-corrected chi connectivity index (χ1v) is 18.0. The summed E-state index contributed by atoms with van der Waals surface area (Å²) in [6.07, 6.45) is -3.89. The van der Waals surface area contributed by atoms with Gasteiger partial charge < -0.3 is 28.6 Å². The molecule has 0 saturated heterocycles. The molecule has 3 amide bonds. The van der Waals surface area contributed by atoms with Crippen LogP contribution in [0.1, 0.15) is 79.4 Å². The first kappa shape index (κ1) is 45.0. The van der Waals surface area contributed by atoms with Gasteiger partial charge in [-0.1, -0.05) is 70.2 Å². The molecular formula is C40H57N3O11. The molecule has 0 spiro atoms. The number of anilines is 1. The van der Waals surface area contributed by atoms with Crippen molar-refractivity contribution in [2.75, 3.05) is 26.5 Å². The van der Waals surface area contributed by atoms with E-state index in [0.29, 0.717) is 11.3 Å². The van der Waals surface area contributed by atoms with Crippen LogP contribution in [0.15, 0.2) is 54.6 Å². The zero-order valence-electron chi connectivity index (χ0n) is 33.4. The minimum atomic E-state index is -1.46. The smallest absolute Gasteiger partial charge is 0.411 e. The number of ether oxygens (including phenoxy) is 5. The molecule has 0 bridgehead atoms. The van der Waals surface area contributed by atoms with Gasteiger partial charge in [0.2, 0.25) is 0 Å². The van der Waals surface area contributed by atoms with Crippen LogP contribution < -0.4 is 5.32 Å². The number of nitrogens with zero attached hydrogens (tertiary/aromatic N) is 2. The number of esters is 3. The van der Waals surface area contributed by atoms with E-state index in [2.05, 4.69) is 10.1 Å². The van der Waals surface area contributed by atoms with Crippen molar-refractivity contribution in [2.45, 2.75) is 111 Å². The Morgan fingerprint density at radius 3 is 1.76 bits per heavy atom. The second-order valence-corrected chi connectivity index (χ2v) is 14.9. The first-order chi connectivity index (χ1) is 25.2. The molecule has 0 radical (unpaired) electrons. The number of hydrogen-bond acceptors (Lipinski definition) is 11. The third-order valence-electron chi connectivity index (χ3n) is 8.09. The highest BCUT2D eigenvalue weighted by molar-refractivity contribution is 5.90. The van der Waals surface area contributed by atoms with Gasteiger partial charge in [0.1, 0.15) is 24.3 Å². The average molecular weight is 756 g/mol. The highest BCUT2D eigenvalue weighted by atomic mass is 16.6. The summed E-state index contributed by atoms with van der Waals surface area (Å²) >= 11 is 0. The van der Waals surface area contributed by atoms with Crippen molar-refractivity contribution in [1.82, 2.24) is 9.80 Å². The lowest BCUT2D eigenvalue weighted by atomic mass is 10.0. The first-order valence-electron chi connectivity index (χ1n) is 18.0. The maximum absolute atomic E-state index is 14.3. The molecule has 2 aromatic rings. The Hall–Kier alpha value is -5.14. The Labute approximate surface area is 318 Å². The second kappa shape index (κ2) is 20.9. The molecule has 2 rings (SSSR count). The summed E-state index contributed by atoms with van der Waals surface area (Å²) in [6.45, 7) is 14.0. The van der Waals surface area contributed by atoms with Gasteiger partial charge in [0.05, 0.1) is 7.11 Å². The number of hydrogen-bond donors (Lipinski definition) is 1. The fourth-order valence-corrected chi connectivity index (χ4v) is 5.21. The summed E-state index contributed by atoms with van der Waals surface area (Å²) in [5, 5.41) is 2.55. The molecule has 0 aliphatic heterocycles. The lowest BCUT2D eigenvalue weighted by Crippen LogP contribution is -2.52. The maximum Gasteiger partial charge on any atom is 0.411 e. The Balaban J connectivity index is 2.41. The lowest BCUT2D eigenvalue weighted by molar-refractivity contribution is -0.174. The highest BCUT2D eigenvalue weighted by Gasteiger charge is 2.39. The lowest BCUT2D eigenvalue weighted by Gasteiger charge is -2.33. The van der Waals surface area contributed by atoms with E-state index in [-0.39, 0.29) is 37.7 Å². The average Bonchev–Trinajstić information content (AvgIpc) is 3.10. The van der Waals surface area contributed by atoms with Crippen molar-refractivity contribution >= 4 is 41.7 Å². The number of carbonyl (C=O) groups is 6. The molecule has 0 aliphatic carbocycles. The van der Waals surface area contributed by atoms with Crippen molar-refractivity contribution in [3.8, 4) is 0 Å². The molecular weight excluding hydrogens is 698 g/mol. The Morgan fingerprint density at radius 1 is 0.704 bits per heavy atom. The third kappa shape index (κ3) is 15.1. The van der Waals surface area contributed by atoms with Crippen molar-refractivity contribution in [1.29, 1.82) is 0 Å². The molecule has 14 nitrogen and oxygen atoms in total. The molecule has 0 heterocycles. The number of benzene rings is 2. The molecule has 0 unspecified atom stereocenters. The van der Waals surface area contributed by atoms with Gasteiger partial charge in [-0.15, -0.1) is 0 Å². The molecule has 0 aromatic heterocycles. The van der Waals surface area contributed by atoms with Crippen molar-refractivity contribution in [3.05, 3.63) is 65.7 Å². The summed E-state index contributed by atoms with van der Waals surface area (Å²) in [5.41, 5.74) is 0.915. The third-order valence-corrected chi connectivity index (χ3v) is 8.09. The summed E-state index contributed by atoms with van der Waals surface area (Å²) in [4.78, 5) is 81.7. The molecule has 0 aliphatic rings. The van der Waals surface area contributed by atoms with Crippen LogP contribution in [-0.2, 0) is 55.9 Å². The van der Waals surface area contributed by atoms with Gasteiger partial charge in [-0.3, -0.25) is 15.0 Å². The quantitative estimate of drug-likeness (QED) is 0.145. The Morgan fingerprint density at radius 2 is 1.24 bits per heavy atom. The zero-order valence-corrected chi connectivity index (χ0v) is 33.4. The van der Waals surface area contributed by atoms with Crippen LogP contribution in [0.5, 0.6) is 0 Å². The number of nitrogens with one attached hydrogen (secondary N) is 1. The summed E-state index contributed by atoms with van der Waals surface area (Å²) in [5.74, 6) is -3.30. The van der Waals surface area contributed by atoms with E-state index < -0.39 is 65.9 Å². The number of rotatable bonds is 17. The van der Waals surface area contributed by atoms with Crippen molar-refractivity contribution < 1.29 is 52.5 Å². The molecule has 0 saturated carbocycles. The normalized spacial score (nSPS) is 13.5. The van der Waals surface area contributed by atoms with E-state index in [1.165, 1.54) is 28.1 Å². The molecule has 14 heteroatoms. The number of likely N-dealkylation sites (N-methyl/N-ethyl adjacent to an activating group) is 2. The SMILES string of the molecule is COC(=O)Nc1ccc(C[C@@H](OC(=O)[C@H](CC(C)C)N(C)C(=O)OC(C)(C)C)C(=O)N(C)[C@@H](CC(C)C)C(=O)O[C@H](C)C(=O)OCc2ccccc2)cc1. The predicted molar refractivity (Wildman–Crippen MR) is 201 cm³/mol. The van der Waals surface area contributed by atoms with E-state index in [9.17, 15) is 28.8 Å². The van der Waals surface area contributed by atoms with Crippen LogP contribution in [0.4, 0.5) is 15.3 Å². The van der Waals surface area contributed by atoms with Gasteiger partial charge in [0.15, 0.2) is 12.2 Å². The van der Waals surface area contributed by atoms with Crippen LogP contribution in [0.25, 0.3) is 0 Å². The molecule has 0 fully saturated rings. The fourth-order valence-electron chi connectivity index (χ4n) is 5.21. The van der Waals surface area contributed by atoms with Gasteiger partial charge >= 0.3 is 30.1 Å². The van der Waals surface area contributed by atoms with Crippen LogP contribution in [0.3, 0.4) is 0 Å². The molecule has 298 valence electrons. The Kier molecular flexibility index (Phi) is 17.4. The molecule has 4 atom stereocenters. The van der Waals surface area contributed by atoms with E-state index in [1.54, 1.807) is 57.2 Å². The fraction of sp³-hybridized carbons (Fsp3) is 0.550. The topological polar surface area (TPSA) is 167 Å². The summed E-state index contributed by atoms with van der Waals surface area (Å²) < 4.78 is 27.0. The van der Waals surface area contributed by atoms with Crippen LogP contribution in [-0.4, -0.2) is 96.9 Å². The standard InChI is InChI=1S/C40H57N3O11/c1-25(2)21-31(36(46)52-27(5)35(45)51-24-29-15-13-12-14-16-29)42(9)34(44)33(23-28-17-19-30(20-18-28)41-38(48)50-11)53-37(47)32(22-26(3)4)43(10)39(49)54-40(6,7)8/h12-20,25-27,31-33H,21-24H2,1-11H3,(H,41,48)/t27-,31+,32+,33-/m1/s1. The van der Waals surface area contributed by atoms with E-state index in [0.717, 1.165) is 15.4 Å². The molecule has 1 N–H and O–H groups in total. The minimum absolute atomic E-state index is 0.0108. The van der Waals surface area contributed by atoms with Crippen molar-refractivity contribution in [2.24, 2.45) is 11.8 Å². The summed E-state index contributed by atoms with van der Waals surface area (Å²) in [7, 11) is 4.06. The van der Waals surface area contributed by atoms with Crippen LogP contribution >= 0.6 is 0 Å². The number of carbonyl (C=O) groups excluding carboxylic acids is 6. The monoisotopic (exact) mass is 755 g/mol. The van der Waals surface area contributed by atoms with Crippen LogP contribution in [0, 0.1) is 11.8 Å². The maximum atomic E-state index is 14.3. The largest absolute Gasteiger partial charge is 0.458 e. The van der Waals surface area contributed by atoms with Crippen LogP contribution in [0.2, 0.25) is 0 Å². The van der Waals surface area contributed by atoms with Gasteiger partial charge in [-0.25, -0.2) is 24.0 Å². The van der Waals surface area contributed by atoms with Gasteiger partial charge in [-0.05, 0) is 75.6 Å². The minimum Gasteiger partial charge on any atom is -0.458 e. The van der Waals surface area contributed by atoms with E-state index >= 15 is 0 Å². The zero-order chi connectivity index (χ0) is 40.7. The van der Waals surface area contributed by atoms with Gasteiger partial charge in [-0.2, -0.15) is 0 Å². The van der Waals surface area contributed by atoms with Gasteiger partial charge in [0.25, 0.3) is 5.91 Å². The second-order valence-electron chi connectivity index (χ2n) is 14.9. The predicted octanol–water partition coefficient (Wildman–Crippen LogP) is 6.15. The summed E-state index contributed by atoms with van der Waals surface area (Å²) in [6, 6.07) is 13.2. The van der Waals surface area contributed by atoms with E-state index in [1.807, 2.05) is 45.9 Å². The number of methoxy groups -OCH3 is 1. The highest BCUT2D eigenvalue weighted by Crippen LogP contribution is 2.22.